The van der Waals surface area contributed by atoms with Gasteiger partial charge in [-0.05, 0) is 30.7 Å². The van der Waals surface area contributed by atoms with Crippen molar-refractivity contribution >= 4 is 22.9 Å². The second-order valence-corrected chi connectivity index (χ2v) is 6.43. The molecule has 3 rings (SSSR count). The minimum absolute atomic E-state index is 0.0215. The summed E-state index contributed by atoms with van der Waals surface area (Å²) in [7, 11) is 0. The van der Waals surface area contributed by atoms with Crippen LogP contribution in [0.3, 0.4) is 0 Å². The number of carbonyl (C=O) groups is 1. The van der Waals surface area contributed by atoms with Gasteiger partial charge in [0.1, 0.15) is 0 Å². The van der Waals surface area contributed by atoms with Gasteiger partial charge in [-0.2, -0.15) is 0 Å². The Hall–Kier alpha value is -1.66. The molecule has 112 valence electrons. The van der Waals surface area contributed by atoms with E-state index in [-0.39, 0.29) is 5.91 Å². The normalized spacial score (nSPS) is 21.6. The van der Waals surface area contributed by atoms with Crippen LogP contribution in [0.1, 0.15) is 37.1 Å². The van der Waals surface area contributed by atoms with Crippen molar-refractivity contribution in [3.05, 3.63) is 35.0 Å². The zero-order valence-electron chi connectivity index (χ0n) is 12.1. The van der Waals surface area contributed by atoms with Crippen LogP contribution in [0.4, 0.5) is 5.69 Å². The van der Waals surface area contributed by atoms with E-state index in [1.54, 1.807) is 18.3 Å². The van der Waals surface area contributed by atoms with Gasteiger partial charge in [-0.25, -0.2) is 4.98 Å². The molecule has 0 radical (unpaired) electrons. The maximum atomic E-state index is 11.2. The molecule has 0 spiro atoms. The summed E-state index contributed by atoms with van der Waals surface area (Å²) in [5.74, 6) is -0.0215. The van der Waals surface area contributed by atoms with Crippen LogP contribution in [0.5, 0.6) is 0 Å². The number of hydrogen-bond donors (Lipinski definition) is 2. The van der Waals surface area contributed by atoms with Crippen molar-refractivity contribution in [2.45, 2.75) is 44.8 Å². The average molecular weight is 304 g/mol. The van der Waals surface area contributed by atoms with Gasteiger partial charge in [0.05, 0.1) is 12.0 Å². The molecule has 2 heterocycles. The minimum atomic E-state index is -0.0215. The van der Waals surface area contributed by atoms with Crippen LogP contribution in [-0.4, -0.2) is 21.5 Å². The fraction of sp³-hybridized carbons (Fsp3) is 0.467. The third kappa shape index (κ3) is 3.33. The second kappa shape index (κ2) is 6.41. The number of hydrogen-bond acceptors (Lipinski definition) is 4. The van der Waals surface area contributed by atoms with Crippen molar-refractivity contribution in [2.24, 2.45) is 0 Å². The first-order valence-corrected chi connectivity index (χ1v) is 8.17. The lowest BCUT2D eigenvalue weighted by Gasteiger charge is -2.22. The van der Waals surface area contributed by atoms with Gasteiger partial charge < -0.3 is 15.2 Å². The van der Waals surface area contributed by atoms with Gasteiger partial charge in [0.25, 0.3) is 0 Å². The van der Waals surface area contributed by atoms with Crippen LogP contribution in [0, 0.1) is 0 Å². The Balaban J connectivity index is 1.62. The standard InChI is InChI=1S/C15H20N4OS/c1-11(20)18-13-5-8-21-15(13)9-17-12-3-2-4-14(12)19-7-6-16-10-19/h5-8,10,12,14,17H,2-4,9H2,1H3,(H,18,20). The molecule has 0 saturated heterocycles. The summed E-state index contributed by atoms with van der Waals surface area (Å²) >= 11 is 1.68. The largest absolute Gasteiger partial charge is 0.333 e. The molecule has 2 unspecified atom stereocenters. The van der Waals surface area contributed by atoms with E-state index < -0.39 is 0 Å². The van der Waals surface area contributed by atoms with Gasteiger partial charge in [-0.3, -0.25) is 4.79 Å². The number of rotatable bonds is 5. The van der Waals surface area contributed by atoms with Crippen molar-refractivity contribution in [2.75, 3.05) is 5.32 Å². The summed E-state index contributed by atoms with van der Waals surface area (Å²) in [5.41, 5.74) is 0.928. The SMILES string of the molecule is CC(=O)Nc1ccsc1CNC1CCCC1n1ccnc1. The van der Waals surface area contributed by atoms with Crippen LogP contribution in [0.15, 0.2) is 30.2 Å². The molecule has 0 aliphatic heterocycles. The number of thiophene rings is 1. The predicted octanol–water partition coefficient (Wildman–Crippen LogP) is 2.79. The predicted molar refractivity (Wildman–Crippen MR) is 84.4 cm³/mol. The number of nitrogens with one attached hydrogen (secondary N) is 2. The molecule has 2 aromatic rings. The maximum Gasteiger partial charge on any atom is 0.221 e. The van der Waals surface area contributed by atoms with Gasteiger partial charge in [0.15, 0.2) is 0 Å². The molecular weight excluding hydrogens is 284 g/mol. The highest BCUT2D eigenvalue weighted by Gasteiger charge is 2.28. The molecular formula is C15H20N4OS. The van der Waals surface area contributed by atoms with Gasteiger partial charge >= 0.3 is 0 Å². The Morgan fingerprint density at radius 3 is 3.19 bits per heavy atom. The summed E-state index contributed by atoms with van der Waals surface area (Å²) in [6, 6.07) is 2.91. The summed E-state index contributed by atoms with van der Waals surface area (Å²) in [6.07, 6.45) is 9.39. The van der Waals surface area contributed by atoms with E-state index in [0.717, 1.165) is 12.2 Å². The van der Waals surface area contributed by atoms with Crippen molar-refractivity contribution in [3.8, 4) is 0 Å². The number of anilines is 1. The third-order valence-corrected chi connectivity index (χ3v) is 4.89. The Kier molecular flexibility index (Phi) is 4.36. The van der Waals surface area contributed by atoms with Crippen molar-refractivity contribution in [1.29, 1.82) is 0 Å². The topological polar surface area (TPSA) is 59.0 Å². The van der Waals surface area contributed by atoms with E-state index in [2.05, 4.69) is 20.2 Å². The third-order valence-electron chi connectivity index (χ3n) is 3.97. The fourth-order valence-electron chi connectivity index (χ4n) is 3.00. The van der Waals surface area contributed by atoms with E-state index in [4.69, 9.17) is 0 Å². The van der Waals surface area contributed by atoms with Crippen molar-refractivity contribution in [1.82, 2.24) is 14.9 Å². The summed E-state index contributed by atoms with van der Waals surface area (Å²) in [6.45, 7) is 2.34. The molecule has 1 saturated carbocycles. The molecule has 6 heteroatoms. The summed E-state index contributed by atoms with van der Waals surface area (Å²) in [4.78, 5) is 16.5. The molecule has 21 heavy (non-hydrogen) atoms. The van der Waals surface area contributed by atoms with Gasteiger partial charge in [-0.15, -0.1) is 11.3 Å². The molecule has 0 bridgehead atoms. The number of amides is 1. The lowest BCUT2D eigenvalue weighted by Crippen LogP contribution is -2.33. The zero-order chi connectivity index (χ0) is 14.7. The first-order valence-electron chi connectivity index (χ1n) is 7.29. The van der Waals surface area contributed by atoms with Crippen LogP contribution in [0.2, 0.25) is 0 Å². The van der Waals surface area contributed by atoms with Gasteiger partial charge in [0, 0.05) is 42.8 Å². The molecule has 2 atom stereocenters. The Labute approximate surface area is 128 Å². The highest BCUT2D eigenvalue weighted by molar-refractivity contribution is 7.10. The Morgan fingerprint density at radius 2 is 2.43 bits per heavy atom. The quantitative estimate of drug-likeness (QED) is 0.893. The molecule has 1 amide bonds. The van der Waals surface area contributed by atoms with Crippen LogP contribution in [0.25, 0.3) is 0 Å². The maximum absolute atomic E-state index is 11.2. The fourth-order valence-corrected chi connectivity index (χ4v) is 3.78. The first kappa shape index (κ1) is 14.3. The number of aromatic nitrogens is 2. The van der Waals surface area contributed by atoms with E-state index in [9.17, 15) is 4.79 Å². The van der Waals surface area contributed by atoms with Crippen LogP contribution in [-0.2, 0) is 11.3 Å². The van der Waals surface area contributed by atoms with E-state index >= 15 is 0 Å². The second-order valence-electron chi connectivity index (χ2n) is 5.43. The Bertz CT molecular complexity index is 593. The minimum Gasteiger partial charge on any atom is -0.333 e. The average Bonchev–Trinajstić information content (AvgIpc) is 3.17. The lowest BCUT2D eigenvalue weighted by molar-refractivity contribution is -0.114. The van der Waals surface area contributed by atoms with Crippen molar-refractivity contribution in [3.63, 3.8) is 0 Å². The number of carbonyl (C=O) groups excluding carboxylic acids is 1. The Morgan fingerprint density at radius 1 is 1.52 bits per heavy atom. The summed E-state index contributed by atoms with van der Waals surface area (Å²) in [5, 5.41) is 8.55. The highest BCUT2D eigenvalue weighted by Crippen LogP contribution is 2.31. The number of nitrogens with zero attached hydrogens (tertiary/aromatic N) is 2. The molecule has 1 aliphatic carbocycles. The van der Waals surface area contributed by atoms with Crippen molar-refractivity contribution < 1.29 is 4.79 Å². The molecule has 2 N–H and O–H groups in total. The summed E-state index contributed by atoms with van der Waals surface area (Å²) < 4.78 is 2.20. The monoisotopic (exact) mass is 304 g/mol. The first-order chi connectivity index (χ1) is 10.2. The zero-order valence-corrected chi connectivity index (χ0v) is 12.9. The van der Waals surface area contributed by atoms with Gasteiger partial charge in [-0.1, -0.05) is 0 Å². The smallest absolute Gasteiger partial charge is 0.221 e. The van der Waals surface area contributed by atoms with Gasteiger partial charge in [0.2, 0.25) is 5.91 Å². The molecule has 2 aromatic heterocycles. The van der Waals surface area contributed by atoms with E-state index in [1.807, 2.05) is 30.2 Å². The highest BCUT2D eigenvalue weighted by atomic mass is 32.1. The molecule has 5 nitrogen and oxygen atoms in total. The van der Waals surface area contributed by atoms with E-state index in [0.29, 0.717) is 12.1 Å². The molecule has 0 aromatic carbocycles. The van der Waals surface area contributed by atoms with Crippen LogP contribution < -0.4 is 10.6 Å². The van der Waals surface area contributed by atoms with E-state index in [1.165, 1.54) is 24.1 Å². The molecule has 1 fully saturated rings. The van der Waals surface area contributed by atoms with Crippen LogP contribution >= 0.6 is 11.3 Å². The number of imidazole rings is 1. The lowest BCUT2D eigenvalue weighted by atomic mass is 10.1. The molecule has 1 aliphatic rings.